The van der Waals surface area contributed by atoms with Crippen LogP contribution in [0.15, 0.2) is 30.9 Å². The minimum Gasteiger partial charge on any atom is -0.508 e. The summed E-state index contributed by atoms with van der Waals surface area (Å²) in [4.78, 5) is 2.56. The fourth-order valence-corrected chi connectivity index (χ4v) is 3.77. The maximum Gasteiger partial charge on any atom is 0.119 e. The predicted molar refractivity (Wildman–Crippen MR) is 74.0 cm³/mol. The van der Waals surface area contributed by atoms with Crippen molar-refractivity contribution in [3.05, 3.63) is 42.0 Å². The summed E-state index contributed by atoms with van der Waals surface area (Å²) < 4.78 is 0. The van der Waals surface area contributed by atoms with Crippen molar-refractivity contribution in [1.29, 1.82) is 0 Å². The fraction of sp³-hybridized carbons (Fsp3) is 0.500. The maximum absolute atomic E-state index is 9.99. The first-order valence-corrected chi connectivity index (χ1v) is 6.97. The summed E-state index contributed by atoms with van der Waals surface area (Å²) in [6, 6.07) is 6.67. The highest BCUT2D eigenvalue weighted by atomic mass is 16.3. The third-order valence-corrected chi connectivity index (χ3v) is 4.53. The van der Waals surface area contributed by atoms with E-state index >= 15 is 0 Å². The average molecular weight is 243 g/mol. The molecule has 1 N–H and O–H groups in total. The highest BCUT2D eigenvalue weighted by molar-refractivity contribution is 5.44. The van der Waals surface area contributed by atoms with E-state index in [-0.39, 0.29) is 0 Å². The molecule has 2 atom stereocenters. The Balaban J connectivity index is 1.94. The van der Waals surface area contributed by atoms with E-state index in [1.54, 1.807) is 0 Å². The Labute approximate surface area is 109 Å². The lowest BCUT2D eigenvalue weighted by molar-refractivity contribution is 0.126. The first-order valence-electron chi connectivity index (χ1n) is 6.97. The van der Waals surface area contributed by atoms with Gasteiger partial charge in [-0.05, 0) is 55.3 Å². The fourth-order valence-electron chi connectivity index (χ4n) is 3.77. The van der Waals surface area contributed by atoms with Gasteiger partial charge in [-0.1, -0.05) is 18.2 Å². The number of hydrogen-bond acceptors (Lipinski definition) is 2. The van der Waals surface area contributed by atoms with Crippen molar-refractivity contribution >= 4 is 0 Å². The van der Waals surface area contributed by atoms with E-state index in [1.807, 2.05) is 18.2 Å². The van der Waals surface area contributed by atoms with Crippen LogP contribution in [0.1, 0.15) is 36.3 Å². The van der Waals surface area contributed by atoms with Crippen LogP contribution < -0.4 is 0 Å². The summed E-state index contributed by atoms with van der Waals surface area (Å²) in [5, 5.41) is 9.99. The zero-order chi connectivity index (χ0) is 12.5. The van der Waals surface area contributed by atoms with Crippen LogP contribution >= 0.6 is 0 Å². The second-order valence-electron chi connectivity index (χ2n) is 5.48. The lowest BCUT2D eigenvalue weighted by atomic mass is 9.74. The third kappa shape index (κ3) is 1.85. The van der Waals surface area contributed by atoms with E-state index in [4.69, 9.17) is 0 Å². The Bertz CT molecular complexity index is 454. The van der Waals surface area contributed by atoms with Gasteiger partial charge in [0.1, 0.15) is 5.75 Å². The summed E-state index contributed by atoms with van der Waals surface area (Å²) >= 11 is 0. The molecule has 18 heavy (non-hydrogen) atoms. The van der Waals surface area contributed by atoms with Gasteiger partial charge >= 0.3 is 0 Å². The zero-order valence-corrected chi connectivity index (χ0v) is 10.8. The molecule has 1 aliphatic carbocycles. The van der Waals surface area contributed by atoms with Crippen LogP contribution in [0.25, 0.3) is 0 Å². The van der Waals surface area contributed by atoms with Gasteiger partial charge in [0, 0.05) is 12.6 Å². The number of nitrogens with zero attached hydrogens (tertiary/aromatic N) is 1. The number of likely N-dealkylation sites (tertiary alicyclic amines) is 1. The minimum atomic E-state index is 0.492. The van der Waals surface area contributed by atoms with E-state index in [0.29, 0.717) is 17.7 Å². The Morgan fingerprint density at radius 3 is 3.11 bits per heavy atom. The number of piperidine rings is 1. The molecule has 96 valence electrons. The second kappa shape index (κ2) is 4.77. The van der Waals surface area contributed by atoms with Gasteiger partial charge in [0.25, 0.3) is 0 Å². The van der Waals surface area contributed by atoms with Crippen LogP contribution in [0, 0.1) is 0 Å². The number of phenolic OH excluding ortho intramolecular Hbond substituents is 1. The molecule has 0 radical (unpaired) electrons. The van der Waals surface area contributed by atoms with Crippen molar-refractivity contribution in [2.45, 2.75) is 37.6 Å². The summed E-state index contributed by atoms with van der Waals surface area (Å²) in [6.45, 7) is 6.06. The van der Waals surface area contributed by atoms with E-state index in [0.717, 1.165) is 13.0 Å². The number of rotatable bonds is 2. The van der Waals surface area contributed by atoms with E-state index < -0.39 is 0 Å². The molecular weight excluding hydrogens is 222 g/mol. The van der Waals surface area contributed by atoms with Gasteiger partial charge in [0.15, 0.2) is 0 Å². The predicted octanol–water partition coefficient (Wildman–Crippen LogP) is 3.07. The first kappa shape index (κ1) is 11.8. The standard InChI is InChI=1S/C16H21NO/c1-2-10-17-11-4-6-13-12-5-3-7-16(18)14(12)8-9-15(13)17/h2-3,5,7,13,15,18H,1,4,6,8-11H2/t13-,15-/m1/s1. The molecule has 2 heteroatoms. The molecular formula is C16H21NO. The van der Waals surface area contributed by atoms with E-state index in [1.165, 1.54) is 36.9 Å². The van der Waals surface area contributed by atoms with Gasteiger partial charge in [-0.2, -0.15) is 0 Å². The molecule has 1 saturated heterocycles. The average Bonchev–Trinajstić information content (AvgIpc) is 2.40. The number of benzene rings is 1. The van der Waals surface area contributed by atoms with Gasteiger partial charge in [-0.3, -0.25) is 4.90 Å². The maximum atomic E-state index is 9.99. The van der Waals surface area contributed by atoms with Gasteiger partial charge in [0.2, 0.25) is 0 Å². The third-order valence-electron chi connectivity index (χ3n) is 4.53. The van der Waals surface area contributed by atoms with Crippen molar-refractivity contribution in [3.8, 4) is 5.75 Å². The molecule has 1 fully saturated rings. The van der Waals surface area contributed by atoms with E-state index in [2.05, 4.69) is 17.5 Å². The Morgan fingerprint density at radius 1 is 1.39 bits per heavy atom. The molecule has 0 unspecified atom stereocenters. The van der Waals surface area contributed by atoms with Crippen LogP contribution in [-0.2, 0) is 6.42 Å². The second-order valence-corrected chi connectivity index (χ2v) is 5.48. The van der Waals surface area contributed by atoms with Gasteiger partial charge in [0.05, 0.1) is 0 Å². The van der Waals surface area contributed by atoms with Gasteiger partial charge < -0.3 is 5.11 Å². The highest BCUT2D eigenvalue weighted by Gasteiger charge is 2.36. The largest absolute Gasteiger partial charge is 0.508 e. The molecule has 3 rings (SSSR count). The number of hydrogen-bond donors (Lipinski definition) is 1. The van der Waals surface area contributed by atoms with Crippen molar-refractivity contribution < 1.29 is 5.11 Å². The van der Waals surface area contributed by atoms with Crippen molar-refractivity contribution in [2.24, 2.45) is 0 Å². The Hall–Kier alpha value is -1.28. The molecule has 1 aromatic rings. The summed E-state index contributed by atoms with van der Waals surface area (Å²) in [6.07, 6.45) is 6.71. The molecule has 0 spiro atoms. The SMILES string of the molecule is C=CCN1CCC[C@@H]2c3cccc(O)c3CC[C@H]21. The van der Waals surface area contributed by atoms with E-state index in [9.17, 15) is 5.11 Å². The highest BCUT2D eigenvalue weighted by Crippen LogP contribution is 2.42. The molecule has 0 bridgehead atoms. The summed E-state index contributed by atoms with van der Waals surface area (Å²) in [5.41, 5.74) is 2.58. The van der Waals surface area contributed by atoms with Gasteiger partial charge in [-0.15, -0.1) is 6.58 Å². The topological polar surface area (TPSA) is 23.5 Å². The van der Waals surface area contributed by atoms with Crippen molar-refractivity contribution in [1.82, 2.24) is 4.90 Å². The van der Waals surface area contributed by atoms with Crippen LogP contribution in [-0.4, -0.2) is 29.1 Å². The van der Waals surface area contributed by atoms with Crippen LogP contribution in [0.2, 0.25) is 0 Å². The molecule has 1 heterocycles. The number of aromatic hydroxyl groups is 1. The monoisotopic (exact) mass is 243 g/mol. The van der Waals surface area contributed by atoms with Crippen LogP contribution in [0.5, 0.6) is 5.75 Å². The minimum absolute atomic E-state index is 0.492. The number of phenols is 1. The summed E-state index contributed by atoms with van der Waals surface area (Å²) in [5.74, 6) is 1.10. The molecule has 0 aromatic heterocycles. The molecule has 0 amide bonds. The van der Waals surface area contributed by atoms with Crippen molar-refractivity contribution in [2.75, 3.05) is 13.1 Å². The van der Waals surface area contributed by atoms with Crippen LogP contribution in [0.3, 0.4) is 0 Å². The quantitative estimate of drug-likeness (QED) is 0.807. The first-order chi connectivity index (χ1) is 8.81. The number of fused-ring (bicyclic) bond motifs is 3. The normalized spacial score (nSPS) is 27.3. The molecule has 1 aliphatic heterocycles. The van der Waals surface area contributed by atoms with Crippen molar-refractivity contribution in [3.63, 3.8) is 0 Å². The molecule has 2 aliphatic rings. The van der Waals surface area contributed by atoms with Crippen LogP contribution in [0.4, 0.5) is 0 Å². The lowest BCUT2D eigenvalue weighted by Gasteiger charge is -2.44. The Morgan fingerprint density at radius 2 is 2.28 bits per heavy atom. The van der Waals surface area contributed by atoms with Gasteiger partial charge in [-0.25, -0.2) is 0 Å². The molecule has 0 saturated carbocycles. The summed E-state index contributed by atoms with van der Waals surface area (Å²) in [7, 11) is 0. The zero-order valence-electron chi connectivity index (χ0n) is 10.8. The molecule has 2 nitrogen and oxygen atoms in total. The molecule has 1 aromatic carbocycles. The Kier molecular flexibility index (Phi) is 3.13. The smallest absolute Gasteiger partial charge is 0.119 e. The lowest BCUT2D eigenvalue weighted by Crippen LogP contribution is -2.46.